The molecule has 1 aliphatic carbocycles. The molecule has 2 aliphatic heterocycles. The lowest BCUT2D eigenvalue weighted by atomic mass is 9.83. The number of hydrogen-bond donors (Lipinski definition) is 2. The minimum atomic E-state index is -0.928. The van der Waals surface area contributed by atoms with E-state index in [1.165, 1.54) is 54.8 Å². The smallest absolute Gasteiger partial charge is 0.310 e. The Morgan fingerprint density at radius 3 is 2.25 bits per heavy atom. The van der Waals surface area contributed by atoms with Gasteiger partial charge in [-0.3, -0.25) is 24.1 Å². The molecule has 2 N–H and O–H groups in total. The molecule has 1 atom stereocenters. The lowest BCUT2D eigenvalue weighted by molar-refractivity contribution is -0.153. The molecule has 272 valence electrons. The second kappa shape index (κ2) is 15.6. The number of benzene rings is 1. The fourth-order valence-corrected chi connectivity index (χ4v) is 8.41. The summed E-state index contributed by atoms with van der Waals surface area (Å²) >= 11 is 1.40. The number of carbonyl (C=O) groups excluding carboxylic acids is 3. The predicted molar refractivity (Wildman–Crippen MR) is 198 cm³/mol. The molecule has 51 heavy (non-hydrogen) atoms. The highest BCUT2D eigenvalue weighted by molar-refractivity contribution is 7.14. The molecule has 1 saturated carbocycles. The molecule has 3 amide bonds. The van der Waals surface area contributed by atoms with Crippen LogP contribution in [0.15, 0.2) is 48.8 Å². The van der Waals surface area contributed by atoms with E-state index in [2.05, 4.69) is 47.9 Å². The van der Waals surface area contributed by atoms with Crippen LogP contribution in [0, 0.1) is 11.8 Å². The first-order valence-corrected chi connectivity index (χ1v) is 19.1. The van der Waals surface area contributed by atoms with Crippen LogP contribution in [-0.4, -0.2) is 93.4 Å². The van der Waals surface area contributed by atoms with Gasteiger partial charge in [0.05, 0.1) is 35.4 Å². The van der Waals surface area contributed by atoms with Gasteiger partial charge >= 0.3 is 5.97 Å². The summed E-state index contributed by atoms with van der Waals surface area (Å²) in [6.07, 6.45) is 11.1. The Kier molecular flexibility index (Phi) is 11.2. The monoisotopic (exact) mass is 714 g/mol. The van der Waals surface area contributed by atoms with E-state index < -0.39 is 17.9 Å². The molecule has 0 bridgehead atoms. The number of aliphatic carboxylic acids is 1. The number of aromatic nitrogens is 2. The first-order chi connectivity index (χ1) is 24.4. The number of thiophene rings is 1. The Bertz CT molecular complexity index is 1700. The maximum Gasteiger partial charge on any atom is 0.310 e. The van der Waals surface area contributed by atoms with Crippen LogP contribution in [0.2, 0.25) is 0 Å². The SMILES string of the molecule is CCC[C@H]1CC[C@@H](N2CCN(c3cnc(-c4ccc(CC(NC(=O)c5ccc(C(C)(C)C)s5)C(=O)N5CC(C(=O)O)C5)cc4)nc3)C(=O)C2)CC1. The van der Waals surface area contributed by atoms with Gasteiger partial charge in [-0.05, 0) is 54.7 Å². The van der Waals surface area contributed by atoms with Crippen molar-refractivity contribution in [3.63, 3.8) is 0 Å². The number of hydrogen-bond acceptors (Lipinski definition) is 8. The predicted octanol–water partition coefficient (Wildman–Crippen LogP) is 5.39. The van der Waals surface area contributed by atoms with Crippen LogP contribution in [0.5, 0.6) is 0 Å². The number of amides is 3. The second-order valence-electron chi connectivity index (χ2n) is 15.4. The third-order valence-corrected chi connectivity index (χ3v) is 12.1. The third kappa shape index (κ3) is 8.66. The molecule has 2 aromatic heterocycles. The number of rotatable bonds is 11. The molecule has 1 aromatic carbocycles. The molecule has 12 heteroatoms. The summed E-state index contributed by atoms with van der Waals surface area (Å²) in [6.45, 7) is 10.7. The van der Waals surface area contributed by atoms with Crippen molar-refractivity contribution in [2.24, 2.45) is 11.8 Å². The molecular formula is C39H50N6O5S. The molecule has 0 spiro atoms. The Morgan fingerprint density at radius 2 is 1.67 bits per heavy atom. The number of anilines is 1. The van der Waals surface area contributed by atoms with E-state index in [0.717, 1.165) is 28.5 Å². The van der Waals surface area contributed by atoms with Crippen LogP contribution < -0.4 is 10.2 Å². The molecule has 3 aromatic rings. The number of likely N-dealkylation sites (tertiary alicyclic amines) is 1. The molecule has 6 rings (SSSR count). The minimum absolute atomic E-state index is 0.0826. The van der Waals surface area contributed by atoms with Crippen molar-refractivity contribution in [1.82, 2.24) is 25.1 Å². The molecule has 1 unspecified atom stereocenters. The maximum absolute atomic E-state index is 13.5. The molecule has 11 nitrogen and oxygen atoms in total. The van der Waals surface area contributed by atoms with Crippen LogP contribution >= 0.6 is 11.3 Å². The van der Waals surface area contributed by atoms with Crippen molar-refractivity contribution in [2.75, 3.05) is 37.6 Å². The molecular weight excluding hydrogens is 665 g/mol. The summed E-state index contributed by atoms with van der Waals surface area (Å²) in [7, 11) is 0. The standard InChI is InChI=1S/C39H50N6O5S/c1-5-6-25-9-13-29(14-10-25)43-17-18-45(34(46)24-43)30-20-40-35(41-21-30)27-11-7-26(8-12-27)19-31(37(48)44-22-28(23-44)38(49)50)42-36(47)32-15-16-33(51-32)39(2,3)4/h7-8,11-12,15-16,20-21,25,28-29,31H,5-6,9-10,13-14,17-19,22-24H2,1-4H3,(H,42,47)(H,49,50)/t25-,29+,31?. The van der Waals surface area contributed by atoms with Gasteiger partial charge in [0.2, 0.25) is 11.8 Å². The second-order valence-corrected chi connectivity index (χ2v) is 16.4. The highest BCUT2D eigenvalue weighted by Gasteiger charge is 2.39. The van der Waals surface area contributed by atoms with Gasteiger partial charge in [-0.1, -0.05) is 64.8 Å². The van der Waals surface area contributed by atoms with Gasteiger partial charge in [-0.2, -0.15) is 0 Å². The topological polar surface area (TPSA) is 136 Å². The van der Waals surface area contributed by atoms with E-state index in [-0.39, 0.29) is 42.6 Å². The van der Waals surface area contributed by atoms with E-state index >= 15 is 0 Å². The number of nitrogens with zero attached hydrogens (tertiary/aromatic N) is 5. The summed E-state index contributed by atoms with van der Waals surface area (Å²) in [5, 5.41) is 12.2. The zero-order valence-corrected chi connectivity index (χ0v) is 31.0. The number of carbonyl (C=O) groups is 4. The molecule has 2 saturated heterocycles. The van der Waals surface area contributed by atoms with E-state index in [0.29, 0.717) is 35.5 Å². The van der Waals surface area contributed by atoms with Crippen LogP contribution in [0.1, 0.15) is 86.3 Å². The summed E-state index contributed by atoms with van der Waals surface area (Å²) in [6, 6.07) is 10.9. The third-order valence-electron chi connectivity index (χ3n) is 10.6. The largest absolute Gasteiger partial charge is 0.481 e. The van der Waals surface area contributed by atoms with E-state index in [1.807, 2.05) is 30.3 Å². The lowest BCUT2D eigenvalue weighted by Gasteiger charge is -2.41. The van der Waals surface area contributed by atoms with Gasteiger partial charge in [0.25, 0.3) is 5.91 Å². The summed E-state index contributed by atoms with van der Waals surface area (Å²) < 4.78 is 0. The molecule has 4 heterocycles. The van der Waals surface area contributed by atoms with Gasteiger partial charge < -0.3 is 20.2 Å². The van der Waals surface area contributed by atoms with Crippen molar-refractivity contribution in [3.8, 4) is 11.4 Å². The van der Waals surface area contributed by atoms with E-state index in [1.54, 1.807) is 23.4 Å². The Labute approximate surface area is 304 Å². The first-order valence-electron chi connectivity index (χ1n) is 18.3. The highest BCUT2D eigenvalue weighted by atomic mass is 32.1. The maximum atomic E-state index is 13.5. The Morgan fingerprint density at radius 1 is 0.980 bits per heavy atom. The number of carboxylic acids is 1. The van der Waals surface area contributed by atoms with Crippen molar-refractivity contribution >= 4 is 40.7 Å². The normalized spacial score (nSPS) is 20.9. The van der Waals surface area contributed by atoms with Crippen LogP contribution in [-0.2, 0) is 26.2 Å². The fraction of sp³-hybridized carbons (Fsp3) is 0.538. The van der Waals surface area contributed by atoms with Crippen molar-refractivity contribution in [2.45, 2.75) is 90.1 Å². The zero-order valence-electron chi connectivity index (χ0n) is 30.1. The van der Waals surface area contributed by atoms with Crippen molar-refractivity contribution in [1.29, 1.82) is 0 Å². The van der Waals surface area contributed by atoms with Crippen LogP contribution in [0.3, 0.4) is 0 Å². The minimum Gasteiger partial charge on any atom is -0.481 e. The van der Waals surface area contributed by atoms with Crippen molar-refractivity contribution < 1.29 is 24.3 Å². The van der Waals surface area contributed by atoms with Gasteiger partial charge in [0, 0.05) is 49.1 Å². The zero-order chi connectivity index (χ0) is 36.3. The summed E-state index contributed by atoms with van der Waals surface area (Å²) in [5.41, 5.74) is 2.20. The van der Waals surface area contributed by atoms with Crippen molar-refractivity contribution in [3.05, 3.63) is 64.1 Å². The molecule has 0 radical (unpaired) electrons. The summed E-state index contributed by atoms with van der Waals surface area (Å²) in [4.78, 5) is 67.8. The first kappa shape index (κ1) is 36.6. The Hall–Kier alpha value is -4.16. The van der Waals surface area contributed by atoms with Gasteiger partial charge in [0.15, 0.2) is 5.82 Å². The number of piperazine rings is 1. The quantitative estimate of drug-likeness (QED) is 0.270. The van der Waals surface area contributed by atoms with Gasteiger partial charge in [0.1, 0.15) is 6.04 Å². The van der Waals surface area contributed by atoms with E-state index in [9.17, 15) is 24.3 Å². The number of nitrogens with one attached hydrogen (secondary N) is 1. The average molecular weight is 715 g/mol. The fourth-order valence-electron chi connectivity index (χ4n) is 7.45. The molecule has 3 aliphatic rings. The highest BCUT2D eigenvalue weighted by Crippen LogP contribution is 2.32. The molecule has 3 fully saturated rings. The van der Waals surface area contributed by atoms with Gasteiger partial charge in [-0.25, -0.2) is 9.97 Å². The van der Waals surface area contributed by atoms with E-state index in [4.69, 9.17) is 0 Å². The average Bonchev–Trinajstić information content (AvgIpc) is 3.60. The van der Waals surface area contributed by atoms with Crippen LogP contribution in [0.4, 0.5) is 5.69 Å². The van der Waals surface area contributed by atoms with Gasteiger partial charge in [-0.15, -0.1) is 11.3 Å². The Balaban J connectivity index is 1.08. The van der Waals surface area contributed by atoms with Crippen LogP contribution in [0.25, 0.3) is 11.4 Å². The summed E-state index contributed by atoms with van der Waals surface area (Å²) in [5.74, 6) is -0.704. The lowest BCUT2D eigenvalue weighted by Crippen LogP contribution is -2.59. The number of carboxylic acid groups (broad SMARTS) is 1.